The Bertz CT molecular complexity index is 1070. The fraction of sp³-hybridized carbons (Fsp3) is 0.167. The number of hydrogen-bond donors (Lipinski definition) is 3. The Hall–Kier alpha value is -2.68. The molecule has 1 aromatic heterocycles. The molecule has 8 heteroatoms. The summed E-state index contributed by atoms with van der Waals surface area (Å²) < 4.78 is 33.5. The molecule has 0 unspecified atom stereocenters. The largest absolute Gasteiger partial charge is 0.456 e. The van der Waals surface area contributed by atoms with Crippen LogP contribution in [0.1, 0.15) is 12.8 Å². The van der Waals surface area contributed by atoms with E-state index in [9.17, 15) is 13.2 Å². The Morgan fingerprint density at radius 2 is 1.85 bits per heavy atom. The van der Waals surface area contributed by atoms with Crippen LogP contribution >= 0.6 is 0 Å². The van der Waals surface area contributed by atoms with Crippen LogP contribution in [0.3, 0.4) is 0 Å². The van der Waals surface area contributed by atoms with Crippen LogP contribution in [0.2, 0.25) is 0 Å². The predicted molar refractivity (Wildman–Crippen MR) is 93.9 cm³/mol. The second kappa shape index (κ2) is 5.94. The molecule has 0 atom stereocenters. The molecule has 1 aliphatic carbocycles. The molecule has 0 saturated heterocycles. The minimum Gasteiger partial charge on any atom is -0.456 e. The normalized spacial score (nSPS) is 15.7. The SMILES string of the molecule is O=C(NO)C1(NS(=O)(=O)c2cccc(-c3cc4ccccc4o3)c2)CC1. The van der Waals surface area contributed by atoms with Crippen LogP contribution in [-0.4, -0.2) is 25.1 Å². The molecule has 2 aromatic carbocycles. The van der Waals surface area contributed by atoms with Crippen molar-refractivity contribution in [3.63, 3.8) is 0 Å². The average Bonchev–Trinajstić information content (AvgIpc) is 3.28. The Balaban J connectivity index is 1.68. The number of hydrogen-bond acceptors (Lipinski definition) is 5. The topological polar surface area (TPSA) is 109 Å². The molecule has 3 aromatic rings. The van der Waals surface area contributed by atoms with E-state index in [1.165, 1.54) is 17.6 Å². The zero-order valence-electron chi connectivity index (χ0n) is 13.6. The van der Waals surface area contributed by atoms with Crippen molar-refractivity contribution in [1.82, 2.24) is 10.2 Å². The number of carbonyl (C=O) groups is 1. The van der Waals surface area contributed by atoms with E-state index >= 15 is 0 Å². The van der Waals surface area contributed by atoms with Gasteiger partial charge < -0.3 is 4.42 Å². The van der Waals surface area contributed by atoms with E-state index < -0.39 is 21.5 Å². The van der Waals surface area contributed by atoms with Crippen molar-refractivity contribution in [2.75, 3.05) is 0 Å². The number of carbonyl (C=O) groups excluding carboxylic acids is 1. The molecular formula is C18H16N2O5S. The van der Waals surface area contributed by atoms with E-state index in [2.05, 4.69) is 4.72 Å². The molecule has 0 aliphatic heterocycles. The molecule has 0 spiro atoms. The van der Waals surface area contributed by atoms with Crippen molar-refractivity contribution >= 4 is 26.9 Å². The first kappa shape index (κ1) is 16.8. The zero-order valence-corrected chi connectivity index (χ0v) is 14.4. The van der Waals surface area contributed by atoms with Gasteiger partial charge in [-0.1, -0.05) is 30.3 Å². The second-order valence-electron chi connectivity index (χ2n) is 6.30. The molecule has 4 rings (SSSR count). The third kappa shape index (κ3) is 2.88. The Labute approximate surface area is 149 Å². The van der Waals surface area contributed by atoms with Crippen molar-refractivity contribution in [2.45, 2.75) is 23.3 Å². The average molecular weight is 372 g/mol. The minimum atomic E-state index is -3.93. The monoisotopic (exact) mass is 372 g/mol. The van der Waals surface area contributed by atoms with E-state index in [1.807, 2.05) is 30.3 Å². The summed E-state index contributed by atoms with van der Waals surface area (Å²) in [5, 5.41) is 9.71. The molecule has 1 fully saturated rings. The number of sulfonamides is 1. The molecule has 0 radical (unpaired) electrons. The van der Waals surface area contributed by atoms with Gasteiger partial charge in [0.2, 0.25) is 10.0 Å². The fourth-order valence-corrected chi connectivity index (χ4v) is 4.33. The van der Waals surface area contributed by atoms with Crippen LogP contribution in [-0.2, 0) is 14.8 Å². The van der Waals surface area contributed by atoms with Crippen LogP contribution in [0, 0.1) is 0 Å². The summed E-state index contributed by atoms with van der Waals surface area (Å²) in [6.45, 7) is 0. The van der Waals surface area contributed by atoms with Crippen molar-refractivity contribution in [3.8, 4) is 11.3 Å². The Kier molecular flexibility index (Phi) is 3.83. The Morgan fingerprint density at radius 1 is 1.08 bits per heavy atom. The summed E-state index contributed by atoms with van der Waals surface area (Å²) in [7, 11) is -3.93. The van der Waals surface area contributed by atoms with Crippen LogP contribution in [0.4, 0.5) is 0 Å². The third-order valence-electron chi connectivity index (χ3n) is 4.47. The van der Waals surface area contributed by atoms with Gasteiger partial charge in [-0.3, -0.25) is 10.0 Å². The van der Waals surface area contributed by atoms with E-state index in [4.69, 9.17) is 9.62 Å². The van der Waals surface area contributed by atoms with Gasteiger partial charge in [-0.15, -0.1) is 0 Å². The highest BCUT2D eigenvalue weighted by molar-refractivity contribution is 7.89. The van der Waals surface area contributed by atoms with Gasteiger partial charge in [0, 0.05) is 10.9 Å². The second-order valence-corrected chi connectivity index (χ2v) is 7.99. The number of para-hydroxylation sites is 1. The van der Waals surface area contributed by atoms with E-state index in [0.717, 1.165) is 5.39 Å². The maximum absolute atomic E-state index is 12.7. The van der Waals surface area contributed by atoms with Crippen molar-refractivity contribution < 1.29 is 22.8 Å². The van der Waals surface area contributed by atoms with Crippen molar-refractivity contribution in [2.24, 2.45) is 0 Å². The summed E-state index contributed by atoms with van der Waals surface area (Å²) in [6.07, 6.45) is 0.670. The first-order valence-electron chi connectivity index (χ1n) is 8.01. The molecule has 1 saturated carbocycles. The van der Waals surface area contributed by atoms with Gasteiger partial charge in [-0.25, -0.2) is 13.9 Å². The molecule has 1 amide bonds. The minimum absolute atomic E-state index is 0.0208. The molecule has 1 aliphatic rings. The summed E-state index contributed by atoms with van der Waals surface area (Å²) >= 11 is 0. The van der Waals surface area contributed by atoms with E-state index in [0.29, 0.717) is 29.7 Å². The summed E-state index contributed by atoms with van der Waals surface area (Å²) in [6, 6.07) is 15.7. The van der Waals surface area contributed by atoms with Crippen LogP contribution in [0.5, 0.6) is 0 Å². The molecule has 1 heterocycles. The van der Waals surface area contributed by atoms with Gasteiger partial charge in [-0.2, -0.15) is 4.72 Å². The number of amides is 1. The Morgan fingerprint density at radius 3 is 2.54 bits per heavy atom. The van der Waals surface area contributed by atoms with Crippen LogP contribution in [0.15, 0.2) is 63.9 Å². The highest BCUT2D eigenvalue weighted by atomic mass is 32.2. The van der Waals surface area contributed by atoms with E-state index in [1.54, 1.807) is 12.1 Å². The summed E-state index contributed by atoms with van der Waals surface area (Å²) in [5.74, 6) is -0.202. The lowest BCUT2D eigenvalue weighted by Gasteiger charge is -2.15. The summed E-state index contributed by atoms with van der Waals surface area (Å²) in [5.41, 5.74) is 1.56. The van der Waals surface area contributed by atoms with Crippen LogP contribution < -0.4 is 10.2 Å². The number of hydroxylamine groups is 1. The number of benzene rings is 2. The van der Waals surface area contributed by atoms with Gasteiger partial charge in [0.25, 0.3) is 5.91 Å². The molecule has 26 heavy (non-hydrogen) atoms. The number of fused-ring (bicyclic) bond motifs is 1. The maximum atomic E-state index is 12.7. The van der Waals surface area contributed by atoms with Gasteiger partial charge in [0.05, 0.1) is 4.90 Å². The fourth-order valence-electron chi connectivity index (χ4n) is 2.86. The zero-order chi connectivity index (χ0) is 18.4. The maximum Gasteiger partial charge on any atom is 0.264 e. The molecule has 3 N–H and O–H groups in total. The number of rotatable bonds is 5. The number of furan rings is 1. The van der Waals surface area contributed by atoms with Crippen molar-refractivity contribution in [3.05, 3.63) is 54.6 Å². The van der Waals surface area contributed by atoms with Crippen LogP contribution in [0.25, 0.3) is 22.3 Å². The molecule has 0 bridgehead atoms. The van der Waals surface area contributed by atoms with Gasteiger partial charge in [-0.05, 0) is 37.1 Å². The molecular weight excluding hydrogens is 356 g/mol. The van der Waals surface area contributed by atoms with Gasteiger partial charge in [0.15, 0.2) is 0 Å². The quantitative estimate of drug-likeness (QED) is 0.471. The lowest BCUT2D eigenvalue weighted by atomic mass is 10.1. The highest BCUT2D eigenvalue weighted by Crippen LogP contribution is 2.37. The van der Waals surface area contributed by atoms with Crippen molar-refractivity contribution in [1.29, 1.82) is 0 Å². The highest BCUT2D eigenvalue weighted by Gasteiger charge is 2.52. The third-order valence-corrected chi connectivity index (χ3v) is 6.00. The van der Waals surface area contributed by atoms with Gasteiger partial charge >= 0.3 is 0 Å². The predicted octanol–water partition coefficient (Wildman–Crippen LogP) is 2.42. The molecule has 134 valence electrons. The lowest BCUT2D eigenvalue weighted by Crippen LogP contribution is -2.48. The smallest absolute Gasteiger partial charge is 0.264 e. The summed E-state index contributed by atoms with van der Waals surface area (Å²) in [4.78, 5) is 11.7. The molecule has 7 nitrogen and oxygen atoms in total. The lowest BCUT2D eigenvalue weighted by molar-refractivity contribution is -0.131. The standard InChI is InChI=1S/C18H16N2O5S/c21-17(19-22)18(8-9-18)20-26(23,24)14-6-3-5-12(10-14)16-11-13-4-1-2-7-15(13)25-16/h1-7,10-11,20,22H,8-9H2,(H,19,21). The first-order chi connectivity index (χ1) is 12.4. The first-order valence-corrected chi connectivity index (χ1v) is 9.49. The van der Waals surface area contributed by atoms with E-state index in [-0.39, 0.29) is 4.90 Å². The number of nitrogens with one attached hydrogen (secondary N) is 2. The van der Waals surface area contributed by atoms with Gasteiger partial charge in [0.1, 0.15) is 16.9 Å².